The first-order valence-electron chi connectivity index (χ1n) is 8.19. The van der Waals surface area contributed by atoms with E-state index in [9.17, 15) is 0 Å². The monoisotopic (exact) mass is 270 g/mol. The zero-order valence-corrected chi connectivity index (χ0v) is 13.5. The fourth-order valence-electron chi connectivity index (χ4n) is 2.93. The average Bonchev–Trinajstić information content (AvgIpc) is 3.23. The molecule has 0 aromatic rings. The number of nitrogens with one attached hydrogen (secondary N) is 1. The molecule has 0 aromatic heterocycles. The number of hydrogen-bond donors (Lipinski definition) is 1. The molecule has 0 aliphatic heterocycles. The van der Waals surface area contributed by atoms with Gasteiger partial charge in [0.25, 0.3) is 0 Å². The van der Waals surface area contributed by atoms with Crippen LogP contribution in [0.3, 0.4) is 0 Å². The average molecular weight is 270 g/mol. The molecule has 1 aliphatic rings. The summed E-state index contributed by atoms with van der Waals surface area (Å²) in [7, 11) is 1.81. The summed E-state index contributed by atoms with van der Waals surface area (Å²) in [5, 5.41) is 3.61. The number of ether oxygens (including phenoxy) is 1. The van der Waals surface area contributed by atoms with E-state index in [1.54, 1.807) is 0 Å². The fraction of sp³-hybridized carbons (Fsp3) is 1.00. The highest BCUT2D eigenvalue weighted by atomic mass is 16.5. The molecule has 1 rings (SSSR count). The summed E-state index contributed by atoms with van der Waals surface area (Å²) < 4.78 is 5.31. The van der Waals surface area contributed by atoms with Crippen LogP contribution in [0.25, 0.3) is 0 Å². The van der Waals surface area contributed by atoms with E-state index in [2.05, 4.69) is 31.0 Å². The Hall–Kier alpha value is -0.120. The summed E-state index contributed by atoms with van der Waals surface area (Å²) in [5.41, 5.74) is 0. The van der Waals surface area contributed by atoms with Crippen molar-refractivity contribution in [3.05, 3.63) is 0 Å². The Morgan fingerprint density at radius 2 is 2.00 bits per heavy atom. The molecule has 0 spiro atoms. The Labute approximate surface area is 120 Å². The van der Waals surface area contributed by atoms with Gasteiger partial charge in [-0.2, -0.15) is 0 Å². The summed E-state index contributed by atoms with van der Waals surface area (Å²) >= 11 is 0. The minimum absolute atomic E-state index is 0.669. The zero-order valence-electron chi connectivity index (χ0n) is 13.5. The van der Waals surface area contributed by atoms with Crippen molar-refractivity contribution >= 4 is 0 Å². The van der Waals surface area contributed by atoms with Gasteiger partial charge in [-0.3, -0.25) is 4.90 Å². The SMILES string of the molecule is CCCNCC(CCC)N(CCOC)C(C)C1CC1. The Bertz CT molecular complexity index is 219. The minimum atomic E-state index is 0.669. The van der Waals surface area contributed by atoms with E-state index < -0.39 is 0 Å². The highest BCUT2D eigenvalue weighted by Gasteiger charge is 2.34. The lowest BCUT2D eigenvalue weighted by atomic mass is 10.1. The molecule has 1 aliphatic carbocycles. The summed E-state index contributed by atoms with van der Waals surface area (Å²) in [6.45, 7) is 11.1. The van der Waals surface area contributed by atoms with Crippen molar-refractivity contribution < 1.29 is 4.74 Å². The molecule has 0 aromatic carbocycles. The molecule has 0 heterocycles. The van der Waals surface area contributed by atoms with Gasteiger partial charge in [-0.25, -0.2) is 0 Å². The van der Waals surface area contributed by atoms with Crippen molar-refractivity contribution in [2.45, 2.75) is 65.0 Å². The lowest BCUT2D eigenvalue weighted by Crippen LogP contribution is -2.49. The third-order valence-corrected chi connectivity index (χ3v) is 4.28. The third kappa shape index (κ3) is 6.24. The predicted octanol–water partition coefficient (Wildman–Crippen LogP) is 2.90. The second-order valence-electron chi connectivity index (χ2n) is 5.96. The van der Waals surface area contributed by atoms with Gasteiger partial charge in [0.2, 0.25) is 0 Å². The zero-order chi connectivity index (χ0) is 14.1. The van der Waals surface area contributed by atoms with Gasteiger partial charge in [0.15, 0.2) is 0 Å². The van der Waals surface area contributed by atoms with E-state index in [1.807, 2.05) is 7.11 Å². The van der Waals surface area contributed by atoms with Crippen LogP contribution in [0.5, 0.6) is 0 Å². The topological polar surface area (TPSA) is 24.5 Å². The van der Waals surface area contributed by atoms with Gasteiger partial charge in [-0.15, -0.1) is 0 Å². The smallest absolute Gasteiger partial charge is 0.0589 e. The molecule has 0 bridgehead atoms. The maximum Gasteiger partial charge on any atom is 0.0589 e. The third-order valence-electron chi connectivity index (χ3n) is 4.28. The summed E-state index contributed by atoms with van der Waals surface area (Å²) in [4.78, 5) is 2.70. The number of nitrogens with zero attached hydrogens (tertiary/aromatic N) is 1. The van der Waals surface area contributed by atoms with Gasteiger partial charge in [0.05, 0.1) is 6.61 Å². The summed E-state index contributed by atoms with van der Waals surface area (Å²) in [6, 6.07) is 1.39. The van der Waals surface area contributed by atoms with Crippen LogP contribution < -0.4 is 5.32 Å². The van der Waals surface area contributed by atoms with E-state index in [-0.39, 0.29) is 0 Å². The normalized spacial score (nSPS) is 18.8. The quantitative estimate of drug-likeness (QED) is 0.552. The van der Waals surface area contributed by atoms with Crippen LogP contribution in [0, 0.1) is 5.92 Å². The van der Waals surface area contributed by atoms with E-state index in [1.165, 1.54) is 32.1 Å². The van der Waals surface area contributed by atoms with Crippen LogP contribution in [-0.2, 0) is 4.74 Å². The molecule has 0 amide bonds. The molecule has 3 heteroatoms. The van der Waals surface area contributed by atoms with E-state index in [4.69, 9.17) is 4.74 Å². The first-order chi connectivity index (χ1) is 9.24. The van der Waals surface area contributed by atoms with Crippen LogP contribution in [-0.4, -0.2) is 50.3 Å². The number of rotatable bonds is 12. The number of hydrogen-bond acceptors (Lipinski definition) is 3. The molecule has 0 radical (unpaired) electrons. The Morgan fingerprint density at radius 1 is 1.26 bits per heavy atom. The molecular formula is C16H34N2O. The highest BCUT2D eigenvalue weighted by molar-refractivity contribution is 4.89. The molecule has 2 atom stereocenters. The van der Waals surface area contributed by atoms with Gasteiger partial charge >= 0.3 is 0 Å². The van der Waals surface area contributed by atoms with Crippen molar-refractivity contribution in [1.29, 1.82) is 0 Å². The highest BCUT2D eigenvalue weighted by Crippen LogP contribution is 2.36. The van der Waals surface area contributed by atoms with Crippen LogP contribution in [0.2, 0.25) is 0 Å². The lowest BCUT2D eigenvalue weighted by Gasteiger charge is -2.37. The van der Waals surface area contributed by atoms with Gasteiger partial charge in [-0.1, -0.05) is 20.3 Å². The van der Waals surface area contributed by atoms with Crippen molar-refractivity contribution in [3.8, 4) is 0 Å². The first kappa shape index (κ1) is 16.9. The Morgan fingerprint density at radius 3 is 2.53 bits per heavy atom. The molecule has 1 saturated carbocycles. The minimum Gasteiger partial charge on any atom is -0.383 e. The maximum atomic E-state index is 5.31. The van der Waals surface area contributed by atoms with Gasteiger partial charge in [0, 0.05) is 32.3 Å². The van der Waals surface area contributed by atoms with Crippen molar-refractivity contribution in [1.82, 2.24) is 10.2 Å². The molecule has 19 heavy (non-hydrogen) atoms. The first-order valence-corrected chi connectivity index (χ1v) is 8.19. The van der Waals surface area contributed by atoms with Gasteiger partial charge in [0.1, 0.15) is 0 Å². The second kappa shape index (κ2) is 9.73. The van der Waals surface area contributed by atoms with Gasteiger partial charge < -0.3 is 10.1 Å². The summed E-state index contributed by atoms with van der Waals surface area (Å²) in [5.74, 6) is 0.933. The maximum absolute atomic E-state index is 5.31. The van der Waals surface area contributed by atoms with Crippen molar-refractivity contribution in [3.63, 3.8) is 0 Å². The Balaban J connectivity index is 2.53. The van der Waals surface area contributed by atoms with Crippen LogP contribution in [0.1, 0.15) is 52.9 Å². The standard InChI is InChI=1S/C16H34N2O/c1-5-7-16(13-17-10-6-2)18(11-12-19-4)14(3)15-8-9-15/h14-17H,5-13H2,1-4H3. The van der Waals surface area contributed by atoms with E-state index >= 15 is 0 Å². The molecule has 0 saturated heterocycles. The lowest BCUT2D eigenvalue weighted by molar-refractivity contribution is 0.0764. The summed E-state index contributed by atoms with van der Waals surface area (Å²) in [6.07, 6.45) is 6.61. The largest absolute Gasteiger partial charge is 0.383 e. The number of methoxy groups -OCH3 is 1. The molecular weight excluding hydrogens is 236 g/mol. The van der Waals surface area contributed by atoms with Crippen LogP contribution in [0.15, 0.2) is 0 Å². The molecule has 114 valence electrons. The van der Waals surface area contributed by atoms with E-state index in [0.717, 1.165) is 38.2 Å². The molecule has 2 unspecified atom stereocenters. The molecule has 1 N–H and O–H groups in total. The Kier molecular flexibility index (Phi) is 8.67. The van der Waals surface area contributed by atoms with E-state index in [0.29, 0.717) is 6.04 Å². The fourth-order valence-corrected chi connectivity index (χ4v) is 2.93. The van der Waals surface area contributed by atoms with Crippen LogP contribution >= 0.6 is 0 Å². The molecule has 3 nitrogen and oxygen atoms in total. The van der Waals surface area contributed by atoms with Gasteiger partial charge in [-0.05, 0) is 45.1 Å². The van der Waals surface area contributed by atoms with Crippen LogP contribution in [0.4, 0.5) is 0 Å². The van der Waals surface area contributed by atoms with Crippen molar-refractivity contribution in [2.24, 2.45) is 5.92 Å². The van der Waals surface area contributed by atoms with Crippen molar-refractivity contribution in [2.75, 3.05) is 33.4 Å². The predicted molar refractivity (Wildman–Crippen MR) is 82.6 cm³/mol. The second-order valence-corrected chi connectivity index (χ2v) is 5.96. The molecule has 1 fully saturated rings.